The molecule has 3 rings (SSSR count). The third kappa shape index (κ3) is 3.16. The lowest BCUT2D eigenvalue weighted by Crippen LogP contribution is -2.44. The number of hydrogen-bond donors (Lipinski definition) is 2. The van der Waals surface area contributed by atoms with Crippen LogP contribution in [0.3, 0.4) is 0 Å². The van der Waals surface area contributed by atoms with Gasteiger partial charge in [-0.3, -0.25) is 14.2 Å². The largest absolute Gasteiger partial charge is 0.383 e. The van der Waals surface area contributed by atoms with Crippen molar-refractivity contribution < 1.29 is 9.90 Å². The minimum atomic E-state index is -1.03. The van der Waals surface area contributed by atoms with Gasteiger partial charge in [-0.2, -0.15) is 0 Å². The second-order valence-corrected chi connectivity index (χ2v) is 7.58. The van der Waals surface area contributed by atoms with E-state index >= 15 is 0 Å². The molecule has 1 aliphatic rings. The van der Waals surface area contributed by atoms with Crippen LogP contribution in [0, 0.1) is 13.8 Å². The molecule has 0 aliphatic heterocycles. The number of carbonyl (C=O) groups excluding carboxylic acids is 1. The van der Waals surface area contributed by atoms with Crippen molar-refractivity contribution in [2.24, 2.45) is 0 Å². The van der Waals surface area contributed by atoms with Crippen LogP contribution in [0.4, 0.5) is 0 Å². The summed E-state index contributed by atoms with van der Waals surface area (Å²) in [6.07, 6.45) is 2.47. The van der Waals surface area contributed by atoms with Gasteiger partial charge in [-0.1, -0.05) is 35.6 Å². The van der Waals surface area contributed by atoms with Crippen LogP contribution < -0.4 is 10.2 Å². The van der Waals surface area contributed by atoms with Crippen molar-refractivity contribution in [3.63, 3.8) is 0 Å². The van der Waals surface area contributed by atoms with Crippen LogP contribution in [0.1, 0.15) is 34.5 Å². The molecule has 0 radical (unpaired) electrons. The summed E-state index contributed by atoms with van der Waals surface area (Å²) < 4.78 is 1.48. The van der Waals surface area contributed by atoms with Gasteiger partial charge in [0.15, 0.2) is 0 Å². The summed E-state index contributed by atoms with van der Waals surface area (Å²) in [4.78, 5) is 24.9. The summed E-state index contributed by atoms with van der Waals surface area (Å²) in [7, 11) is 0. The molecule has 1 amide bonds. The Bertz CT molecular complexity index is 824. The van der Waals surface area contributed by atoms with E-state index in [4.69, 9.17) is 0 Å². The number of nitrogens with one attached hydrogen (secondary N) is 1. The standard InChI is InChI=1S/C18H22N2O3S/c1-12-13(2)24-17(22)20(12)10-16(21)19-11-18(23)9-5-7-14-6-3-4-8-15(14)18/h3-4,6,8,23H,5,7,9-11H2,1-2H3,(H,19,21). The third-order valence-electron chi connectivity index (χ3n) is 4.81. The van der Waals surface area contributed by atoms with E-state index in [2.05, 4.69) is 5.32 Å². The smallest absolute Gasteiger partial charge is 0.308 e. The highest BCUT2D eigenvalue weighted by atomic mass is 32.1. The van der Waals surface area contributed by atoms with Crippen LogP contribution in [0.2, 0.25) is 0 Å². The molecule has 1 unspecified atom stereocenters. The van der Waals surface area contributed by atoms with Crippen LogP contribution in [0.25, 0.3) is 0 Å². The van der Waals surface area contributed by atoms with Crippen LogP contribution in [-0.4, -0.2) is 22.1 Å². The van der Waals surface area contributed by atoms with Crippen molar-refractivity contribution in [2.75, 3.05) is 6.54 Å². The van der Waals surface area contributed by atoms with E-state index in [1.54, 1.807) is 0 Å². The average molecular weight is 346 g/mol. The van der Waals surface area contributed by atoms with E-state index in [-0.39, 0.29) is 23.9 Å². The molecule has 5 nitrogen and oxygen atoms in total. The predicted molar refractivity (Wildman–Crippen MR) is 94.3 cm³/mol. The zero-order valence-electron chi connectivity index (χ0n) is 14.0. The zero-order chi connectivity index (χ0) is 17.3. The zero-order valence-corrected chi connectivity index (χ0v) is 14.8. The van der Waals surface area contributed by atoms with E-state index in [0.29, 0.717) is 6.42 Å². The number of hydrogen-bond acceptors (Lipinski definition) is 4. The highest BCUT2D eigenvalue weighted by Crippen LogP contribution is 2.34. The fourth-order valence-corrected chi connectivity index (χ4v) is 4.13. The summed E-state index contributed by atoms with van der Waals surface area (Å²) in [5.74, 6) is -0.255. The van der Waals surface area contributed by atoms with Gasteiger partial charge in [0.2, 0.25) is 5.91 Å². The first-order chi connectivity index (χ1) is 11.4. The highest BCUT2D eigenvalue weighted by Gasteiger charge is 2.34. The van der Waals surface area contributed by atoms with Gasteiger partial charge in [-0.15, -0.1) is 0 Å². The van der Waals surface area contributed by atoms with E-state index in [9.17, 15) is 14.7 Å². The first-order valence-electron chi connectivity index (χ1n) is 8.15. The van der Waals surface area contributed by atoms with Crippen molar-refractivity contribution >= 4 is 17.2 Å². The van der Waals surface area contributed by atoms with Gasteiger partial charge in [0, 0.05) is 10.6 Å². The summed E-state index contributed by atoms with van der Waals surface area (Å²) in [6, 6.07) is 7.83. The number of fused-ring (bicyclic) bond motifs is 1. The van der Waals surface area contributed by atoms with Crippen LogP contribution in [0.15, 0.2) is 29.1 Å². The van der Waals surface area contributed by atoms with Crippen LogP contribution in [0.5, 0.6) is 0 Å². The first kappa shape index (κ1) is 16.9. The van der Waals surface area contributed by atoms with Gasteiger partial charge in [-0.25, -0.2) is 0 Å². The van der Waals surface area contributed by atoms with Gasteiger partial charge >= 0.3 is 4.87 Å². The SMILES string of the molecule is Cc1sc(=O)n(CC(=O)NCC2(O)CCCc3ccccc32)c1C. The molecule has 2 N–H and O–H groups in total. The fourth-order valence-electron chi connectivity index (χ4n) is 3.30. The monoisotopic (exact) mass is 346 g/mol. The maximum Gasteiger partial charge on any atom is 0.308 e. The van der Waals surface area contributed by atoms with E-state index in [0.717, 1.165) is 45.9 Å². The lowest BCUT2D eigenvalue weighted by molar-refractivity contribution is -0.123. The molecule has 0 saturated carbocycles. The number of rotatable bonds is 4. The van der Waals surface area contributed by atoms with Crippen molar-refractivity contribution in [1.29, 1.82) is 0 Å². The third-order valence-corrected chi connectivity index (χ3v) is 5.81. The quantitative estimate of drug-likeness (QED) is 0.888. The second kappa shape index (κ2) is 6.53. The topological polar surface area (TPSA) is 71.3 Å². The molecule has 1 aromatic heterocycles. The Kier molecular flexibility index (Phi) is 4.60. The Balaban J connectivity index is 1.70. The van der Waals surface area contributed by atoms with E-state index in [1.807, 2.05) is 38.1 Å². The Morgan fingerprint density at radius 3 is 2.83 bits per heavy atom. The van der Waals surface area contributed by atoms with Crippen molar-refractivity contribution in [3.8, 4) is 0 Å². The average Bonchev–Trinajstić information content (AvgIpc) is 2.80. The fraction of sp³-hybridized carbons (Fsp3) is 0.444. The lowest BCUT2D eigenvalue weighted by Gasteiger charge is -2.34. The van der Waals surface area contributed by atoms with Gasteiger partial charge < -0.3 is 10.4 Å². The molecule has 0 bridgehead atoms. The number of benzene rings is 1. The van der Waals surface area contributed by atoms with Crippen molar-refractivity contribution in [1.82, 2.24) is 9.88 Å². The Labute approximate surface area is 145 Å². The molecule has 1 aliphatic carbocycles. The number of aromatic nitrogens is 1. The summed E-state index contributed by atoms with van der Waals surface area (Å²) in [6.45, 7) is 3.87. The molecule has 1 atom stereocenters. The number of thiazole rings is 1. The van der Waals surface area contributed by atoms with Crippen molar-refractivity contribution in [3.05, 3.63) is 55.6 Å². The molecule has 2 aromatic rings. The minimum absolute atomic E-state index is 0.00721. The van der Waals surface area contributed by atoms with E-state index < -0.39 is 5.60 Å². The number of aliphatic hydroxyl groups is 1. The normalized spacial score (nSPS) is 19.8. The van der Waals surface area contributed by atoms with Crippen LogP contribution >= 0.6 is 11.3 Å². The van der Waals surface area contributed by atoms with Gasteiger partial charge in [-0.05, 0) is 44.2 Å². The Hall–Kier alpha value is -1.92. The molecule has 6 heteroatoms. The molecule has 0 spiro atoms. The molecule has 0 fully saturated rings. The number of aryl methyl sites for hydroxylation is 2. The van der Waals surface area contributed by atoms with Crippen LogP contribution in [-0.2, 0) is 23.4 Å². The number of amides is 1. The molecule has 0 saturated heterocycles. The first-order valence-corrected chi connectivity index (χ1v) is 8.97. The molecular formula is C18H22N2O3S. The van der Waals surface area contributed by atoms with E-state index in [1.165, 1.54) is 4.57 Å². The Morgan fingerprint density at radius 2 is 2.12 bits per heavy atom. The maximum absolute atomic E-state index is 12.2. The maximum atomic E-state index is 12.2. The van der Waals surface area contributed by atoms with Crippen molar-refractivity contribution in [2.45, 2.75) is 45.3 Å². The summed E-state index contributed by atoms with van der Waals surface area (Å²) in [5, 5.41) is 13.8. The van der Waals surface area contributed by atoms with Gasteiger partial charge in [0.05, 0.1) is 6.54 Å². The predicted octanol–water partition coefficient (Wildman–Crippen LogP) is 1.87. The summed E-state index contributed by atoms with van der Waals surface area (Å²) in [5.41, 5.74) is 1.83. The number of carbonyl (C=O) groups is 1. The molecule has 1 heterocycles. The lowest BCUT2D eigenvalue weighted by atomic mass is 9.79. The second-order valence-electron chi connectivity index (χ2n) is 6.41. The molecule has 128 valence electrons. The van der Waals surface area contributed by atoms with Gasteiger partial charge in [0.1, 0.15) is 12.1 Å². The van der Waals surface area contributed by atoms with Gasteiger partial charge in [0.25, 0.3) is 0 Å². The Morgan fingerprint density at radius 1 is 1.38 bits per heavy atom. The molecular weight excluding hydrogens is 324 g/mol. The number of nitrogens with zero attached hydrogens (tertiary/aromatic N) is 1. The minimum Gasteiger partial charge on any atom is -0.383 e. The molecule has 24 heavy (non-hydrogen) atoms. The summed E-state index contributed by atoms with van der Waals surface area (Å²) >= 11 is 1.15. The molecule has 1 aromatic carbocycles. The highest BCUT2D eigenvalue weighted by molar-refractivity contribution is 7.09.